The highest BCUT2D eigenvalue weighted by atomic mass is 19.4. The van der Waals surface area contributed by atoms with Crippen molar-refractivity contribution in [1.82, 2.24) is 9.97 Å². The third-order valence-corrected chi connectivity index (χ3v) is 1.61. The van der Waals surface area contributed by atoms with Gasteiger partial charge >= 0.3 is 6.18 Å². The molecule has 0 radical (unpaired) electrons. The number of anilines is 2. The van der Waals surface area contributed by atoms with E-state index in [-0.39, 0.29) is 11.6 Å². The molecular weight excluding hydrogens is 211 g/mol. The first-order valence-electron chi connectivity index (χ1n) is 3.99. The summed E-state index contributed by atoms with van der Waals surface area (Å²) >= 11 is 0. The number of hydrogen-bond donors (Lipinski definition) is 2. The van der Waals surface area contributed by atoms with Gasteiger partial charge in [0, 0.05) is 13.1 Å². The molecule has 0 fully saturated rings. The third-order valence-electron chi connectivity index (χ3n) is 1.61. The highest BCUT2D eigenvalue weighted by Crippen LogP contribution is 2.19. The van der Waals surface area contributed by atoms with Gasteiger partial charge in [0.15, 0.2) is 0 Å². The standard InChI is InChI=1S/C7H10F3N5/c1-15(3-7(8,9)10)6-2-5(14-11)12-4-13-6/h2,4H,3,11H2,1H3,(H,12,13,14). The predicted molar refractivity (Wildman–Crippen MR) is 49.2 cm³/mol. The molecule has 0 aliphatic carbocycles. The number of rotatable bonds is 3. The van der Waals surface area contributed by atoms with Gasteiger partial charge < -0.3 is 10.3 Å². The number of nitrogens with zero attached hydrogens (tertiary/aromatic N) is 3. The molecule has 0 aliphatic heterocycles. The van der Waals surface area contributed by atoms with Gasteiger partial charge in [0.25, 0.3) is 0 Å². The smallest absolute Gasteiger partial charge is 0.350 e. The molecule has 1 aromatic heterocycles. The van der Waals surface area contributed by atoms with Gasteiger partial charge in [-0.25, -0.2) is 15.8 Å². The Balaban J connectivity index is 2.77. The summed E-state index contributed by atoms with van der Waals surface area (Å²) in [5, 5.41) is 0. The van der Waals surface area contributed by atoms with E-state index in [0.717, 1.165) is 11.2 Å². The fourth-order valence-electron chi connectivity index (χ4n) is 0.985. The quantitative estimate of drug-likeness (QED) is 0.582. The van der Waals surface area contributed by atoms with Gasteiger partial charge in [0.2, 0.25) is 0 Å². The fourth-order valence-corrected chi connectivity index (χ4v) is 0.985. The molecule has 0 spiro atoms. The van der Waals surface area contributed by atoms with Crippen molar-refractivity contribution in [3.63, 3.8) is 0 Å². The average molecular weight is 221 g/mol. The minimum atomic E-state index is -4.27. The maximum absolute atomic E-state index is 12.0. The van der Waals surface area contributed by atoms with Gasteiger partial charge in [-0.2, -0.15) is 13.2 Å². The van der Waals surface area contributed by atoms with Crippen LogP contribution in [0, 0.1) is 0 Å². The Morgan fingerprint density at radius 1 is 1.47 bits per heavy atom. The van der Waals surface area contributed by atoms with Crippen molar-refractivity contribution < 1.29 is 13.2 Å². The molecule has 1 heterocycles. The van der Waals surface area contributed by atoms with Crippen LogP contribution >= 0.6 is 0 Å². The summed E-state index contributed by atoms with van der Waals surface area (Å²) < 4.78 is 36.1. The first-order valence-corrected chi connectivity index (χ1v) is 3.99. The number of nitrogens with one attached hydrogen (secondary N) is 1. The summed E-state index contributed by atoms with van der Waals surface area (Å²) in [6, 6.07) is 1.33. The van der Waals surface area contributed by atoms with Crippen LogP contribution in [-0.2, 0) is 0 Å². The molecule has 0 bridgehead atoms. The summed E-state index contributed by atoms with van der Waals surface area (Å²) in [6.45, 7) is -1.08. The van der Waals surface area contributed by atoms with E-state index >= 15 is 0 Å². The average Bonchev–Trinajstić information content (AvgIpc) is 2.15. The van der Waals surface area contributed by atoms with Crippen molar-refractivity contribution in [2.24, 2.45) is 5.84 Å². The zero-order valence-corrected chi connectivity index (χ0v) is 7.91. The maximum Gasteiger partial charge on any atom is 0.405 e. The summed E-state index contributed by atoms with van der Waals surface area (Å²) in [6.07, 6.45) is -3.13. The first kappa shape index (κ1) is 11.5. The Labute approximate surface area is 84.1 Å². The lowest BCUT2D eigenvalue weighted by Crippen LogP contribution is -2.31. The molecule has 1 rings (SSSR count). The number of nitrogen functional groups attached to an aromatic ring is 1. The van der Waals surface area contributed by atoms with E-state index in [2.05, 4.69) is 15.4 Å². The van der Waals surface area contributed by atoms with Crippen LogP contribution in [0.2, 0.25) is 0 Å². The van der Waals surface area contributed by atoms with Crippen LogP contribution in [0.25, 0.3) is 0 Å². The van der Waals surface area contributed by atoms with Crippen molar-refractivity contribution in [3.8, 4) is 0 Å². The number of hydrazine groups is 1. The Morgan fingerprint density at radius 3 is 2.67 bits per heavy atom. The molecule has 8 heteroatoms. The van der Waals surface area contributed by atoms with E-state index in [0.29, 0.717) is 0 Å². The largest absolute Gasteiger partial charge is 0.405 e. The number of alkyl halides is 3. The maximum atomic E-state index is 12.0. The lowest BCUT2D eigenvalue weighted by Gasteiger charge is -2.19. The lowest BCUT2D eigenvalue weighted by molar-refractivity contribution is -0.119. The molecule has 15 heavy (non-hydrogen) atoms. The summed E-state index contributed by atoms with van der Waals surface area (Å²) in [5.74, 6) is 5.47. The second kappa shape index (κ2) is 4.30. The zero-order chi connectivity index (χ0) is 11.5. The Morgan fingerprint density at radius 2 is 2.13 bits per heavy atom. The Bertz CT molecular complexity index is 327. The minimum absolute atomic E-state index is 0.148. The number of aromatic nitrogens is 2. The van der Waals surface area contributed by atoms with E-state index in [1.165, 1.54) is 13.1 Å². The number of hydrogen-bond acceptors (Lipinski definition) is 5. The zero-order valence-electron chi connectivity index (χ0n) is 7.91. The predicted octanol–water partition coefficient (Wildman–Crippen LogP) is 0.761. The molecule has 0 atom stereocenters. The molecule has 0 aliphatic rings. The van der Waals surface area contributed by atoms with E-state index < -0.39 is 12.7 Å². The Hall–Kier alpha value is -1.57. The van der Waals surface area contributed by atoms with E-state index in [4.69, 9.17) is 5.84 Å². The van der Waals surface area contributed by atoms with Gasteiger partial charge in [-0.1, -0.05) is 0 Å². The van der Waals surface area contributed by atoms with Gasteiger partial charge in [0.1, 0.15) is 24.5 Å². The summed E-state index contributed by atoms with van der Waals surface area (Å²) in [4.78, 5) is 8.33. The first-order chi connectivity index (χ1) is 6.92. The molecule has 3 N–H and O–H groups in total. The second-order valence-corrected chi connectivity index (χ2v) is 2.88. The van der Waals surface area contributed by atoms with Crippen molar-refractivity contribution in [2.45, 2.75) is 6.18 Å². The van der Waals surface area contributed by atoms with Crippen molar-refractivity contribution in [3.05, 3.63) is 12.4 Å². The molecule has 0 unspecified atom stereocenters. The van der Waals surface area contributed by atoms with Gasteiger partial charge in [0.05, 0.1) is 0 Å². The van der Waals surface area contributed by atoms with Crippen LogP contribution in [0.3, 0.4) is 0 Å². The minimum Gasteiger partial charge on any atom is -0.350 e. The van der Waals surface area contributed by atoms with E-state index in [1.54, 1.807) is 0 Å². The van der Waals surface area contributed by atoms with Crippen molar-refractivity contribution in [2.75, 3.05) is 23.9 Å². The molecule has 5 nitrogen and oxygen atoms in total. The van der Waals surface area contributed by atoms with Crippen molar-refractivity contribution >= 4 is 11.6 Å². The van der Waals surface area contributed by atoms with Gasteiger partial charge in [-0.05, 0) is 0 Å². The molecule has 0 amide bonds. The third kappa shape index (κ3) is 3.58. The van der Waals surface area contributed by atoms with Gasteiger partial charge in [-0.15, -0.1) is 0 Å². The lowest BCUT2D eigenvalue weighted by atomic mass is 10.4. The SMILES string of the molecule is CN(CC(F)(F)F)c1cc(NN)ncn1. The van der Waals surface area contributed by atoms with Crippen LogP contribution in [-0.4, -0.2) is 29.7 Å². The summed E-state index contributed by atoms with van der Waals surface area (Å²) in [7, 11) is 1.29. The van der Waals surface area contributed by atoms with Crippen LogP contribution in [0.4, 0.5) is 24.8 Å². The van der Waals surface area contributed by atoms with Gasteiger partial charge in [-0.3, -0.25) is 0 Å². The molecular formula is C7H10F3N5. The van der Waals surface area contributed by atoms with Crippen LogP contribution in [0.15, 0.2) is 12.4 Å². The van der Waals surface area contributed by atoms with E-state index in [1.807, 2.05) is 0 Å². The van der Waals surface area contributed by atoms with E-state index in [9.17, 15) is 13.2 Å². The fraction of sp³-hybridized carbons (Fsp3) is 0.429. The molecule has 1 aromatic rings. The molecule has 0 saturated carbocycles. The second-order valence-electron chi connectivity index (χ2n) is 2.88. The highest BCUT2D eigenvalue weighted by Gasteiger charge is 2.29. The molecule has 0 aromatic carbocycles. The topological polar surface area (TPSA) is 67.1 Å². The Kier molecular flexibility index (Phi) is 3.30. The normalized spacial score (nSPS) is 11.3. The van der Waals surface area contributed by atoms with Crippen LogP contribution < -0.4 is 16.2 Å². The molecule has 0 saturated heterocycles. The molecule has 84 valence electrons. The number of halogens is 3. The van der Waals surface area contributed by atoms with Crippen LogP contribution in [0.1, 0.15) is 0 Å². The monoisotopic (exact) mass is 221 g/mol. The number of nitrogens with two attached hydrogens (primary N) is 1. The summed E-state index contributed by atoms with van der Waals surface area (Å²) in [5.41, 5.74) is 2.23. The highest BCUT2D eigenvalue weighted by molar-refractivity contribution is 5.47. The van der Waals surface area contributed by atoms with Crippen molar-refractivity contribution in [1.29, 1.82) is 0 Å². The van der Waals surface area contributed by atoms with Crippen LogP contribution in [0.5, 0.6) is 0 Å².